The van der Waals surface area contributed by atoms with Gasteiger partial charge in [0.05, 0.1) is 4.90 Å². The number of sulfone groups is 1. The lowest BCUT2D eigenvalue weighted by atomic mass is 9.93. The molecule has 8 nitrogen and oxygen atoms in total. The minimum Gasteiger partial charge on any atom is -0.396 e. The van der Waals surface area contributed by atoms with Gasteiger partial charge in [-0.05, 0) is 42.7 Å². The summed E-state index contributed by atoms with van der Waals surface area (Å²) in [6, 6.07) is 10.8. The van der Waals surface area contributed by atoms with Gasteiger partial charge in [0, 0.05) is 60.8 Å². The Morgan fingerprint density at radius 2 is 1.86 bits per heavy atom. The second-order valence-electron chi connectivity index (χ2n) is 9.10. The van der Waals surface area contributed by atoms with Crippen LogP contribution in [0.5, 0.6) is 0 Å². The minimum atomic E-state index is -4.06. The fourth-order valence-corrected chi connectivity index (χ4v) is 6.40. The summed E-state index contributed by atoms with van der Waals surface area (Å²) < 4.78 is 66.3. The molecule has 1 saturated heterocycles. The molecule has 3 rings (SSSR count). The number of aliphatic hydroxyl groups is 1. The normalized spacial score (nSPS) is 17.5. The maximum atomic E-state index is 15.5. The van der Waals surface area contributed by atoms with Gasteiger partial charge in [0.2, 0.25) is 10.0 Å². The summed E-state index contributed by atoms with van der Waals surface area (Å²) in [6.45, 7) is 1.03. The van der Waals surface area contributed by atoms with Gasteiger partial charge in [-0.3, -0.25) is 4.79 Å². The number of sulfonamides is 1. The van der Waals surface area contributed by atoms with Crippen molar-refractivity contribution in [2.45, 2.75) is 42.8 Å². The topological polar surface area (TPSA) is 121 Å². The molecule has 1 aliphatic heterocycles. The third-order valence-electron chi connectivity index (χ3n) is 6.09. The van der Waals surface area contributed by atoms with Crippen LogP contribution < -0.4 is 5.32 Å². The molecule has 2 N–H and O–H groups in total. The highest BCUT2D eigenvalue weighted by atomic mass is 35.5. The first-order valence-corrected chi connectivity index (χ1v) is 15.4. The third-order valence-corrected chi connectivity index (χ3v) is 8.94. The monoisotopic (exact) mass is 572 g/mol. The second-order valence-corrected chi connectivity index (χ2v) is 13.4. The number of carbonyl (C=O) groups is 1. The third kappa shape index (κ3) is 7.38. The van der Waals surface area contributed by atoms with Crippen molar-refractivity contribution in [2.24, 2.45) is 0 Å². The summed E-state index contributed by atoms with van der Waals surface area (Å²) in [7, 11) is -7.45. The zero-order chi connectivity index (χ0) is 27.4. The van der Waals surface area contributed by atoms with E-state index in [0.717, 1.165) is 21.5 Å². The van der Waals surface area contributed by atoms with E-state index in [1.54, 1.807) is 24.3 Å². The van der Waals surface area contributed by atoms with E-state index < -0.39 is 37.5 Å². The number of alkyl halides is 1. The number of halogens is 2. The van der Waals surface area contributed by atoms with Crippen LogP contribution in [0.3, 0.4) is 0 Å². The van der Waals surface area contributed by atoms with Crippen LogP contribution >= 0.6 is 11.6 Å². The van der Waals surface area contributed by atoms with E-state index >= 15 is 4.39 Å². The second kappa shape index (κ2) is 11.6. The summed E-state index contributed by atoms with van der Waals surface area (Å²) >= 11 is 6.18. The number of carbonyl (C=O) groups excluding carboxylic acids is 1. The van der Waals surface area contributed by atoms with Crippen LogP contribution in [0.15, 0.2) is 58.8 Å². The number of amides is 1. The van der Waals surface area contributed by atoms with Crippen LogP contribution in [-0.2, 0) is 31.1 Å². The van der Waals surface area contributed by atoms with Crippen molar-refractivity contribution in [1.82, 2.24) is 9.62 Å². The SMILES string of the molecule is C[C@@H](/C=C\S(C)(=O)=O)NC(=O)C1(F)CCN(S(=O)(=O)c2ccc(Cl)cc2-c2cccc(CCO)c2)CC1. The van der Waals surface area contributed by atoms with Crippen molar-refractivity contribution in [3.8, 4) is 11.1 Å². The molecule has 0 spiro atoms. The Balaban J connectivity index is 1.80. The fourth-order valence-electron chi connectivity index (χ4n) is 4.07. The standard InChI is InChI=1S/C25H30ClFN2O6S2/c1-18(9-15-36(2,32)33)28-24(31)25(27)10-12-29(13-11-25)37(34,35)23-7-6-21(26)17-22(23)20-5-3-4-19(16-20)8-14-30/h3-7,9,15-18,30H,8,10-14H2,1-2H3,(H,28,31)/b15-9-/t18-/m0/s1. The number of rotatable bonds is 9. The number of nitrogens with one attached hydrogen (secondary N) is 1. The number of hydrogen-bond acceptors (Lipinski definition) is 6. The van der Waals surface area contributed by atoms with E-state index in [4.69, 9.17) is 11.6 Å². The van der Waals surface area contributed by atoms with Crippen LogP contribution in [0, 0.1) is 0 Å². The van der Waals surface area contributed by atoms with E-state index in [0.29, 0.717) is 22.6 Å². The lowest BCUT2D eigenvalue weighted by Gasteiger charge is -2.35. The Morgan fingerprint density at radius 3 is 2.49 bits per heavy atom. The van der Waals surface area contributed by atoms with E-state index in [-0.39, 0.29) is 37.4 Å². The molecule has 12 heteroatoms. The quantitative estimate of drug-likeness (QED) is 0.476. The van der Waals surface area contributed by atoms with Gasteiger partial charge >= 0.3 is 0 Å². The molecule has 1 aliphatic rings. The van der Waals surface area contributed by atoms with Crippen molar-refractivity contribution < 1.29 is 31.1 Å². The molecule has 1 fully saturated rings. The molecule has 1 heterocycles. The predicted molar refractivity (Wildman–Crippen MR) is 141 cm³/mol. The van der Waals surface area contributed by atoms with Gasteiger partial charge in [-0.2, -0.15) is 4.31 Å². The molecule has 2 aromatic carbocycles. The first kappa shape index (κ1) is 29.2. The Hall–Kier alpha value is -2.31. The van der Waals surface area contributed by atoms with E-state index in [9.17, 15) is 26.7 Å². The highest BCUT2D eigenvalue weighted by Gasteiger charge is 2.44. The lowest BCUT2D eigenvalue weighted by Crippen LogP contribution is -2.53. The van der Waals surface area contributed by atoms with Crippen LogP contribution in [0.1, 0.15) is 25.3 Å². The van der Waals surface area contributed by atoms with Gasteiger partial charge in [0.1, 0.15) is 0 Å². The van der Waals surface area contributed by atoms with Crippen molar-refractivity contribution in [3.63, 3.8) is 0 Å². The molecule has 0 aromatic heterocycles. The smallest absolute Gasteiger partial charge is 0.258 e. The predicted octanol–water partition coefficient (Wildman–Crippen LogP) is 3.10. The van der Waals surface area contributed by atoms with Gasteiger partial charge in [0.25, 0.3) is 5.91 Å². The lowest BCUT2D eigenvalue weighted by molar-refractivity contribution is -0.135. The van der Waals surface area contributed by atoms with Crippen molar-refractivity contribution in [1.29, 1.82) is 0 Å². The molecule has 0 bridgehead atoms. The minimum absolute atomic E-state index is 0.00777. The average Bonchev–Trinajstić information content (AvgIpc) is 2.83. The summed E-state index contributed by atoms with van der Waals surface area (Å²) in [6.07, 6.45) is 1.95. The van der Waals surface area contributed by atoms with Gasteiger partial charge in [0.15, 0.2) is 15.5 Å². The molecule has 202 valence electrons. The largest absolute Gasteiger partial charge is 0.396 e. The van der Waals surface area contributed by atoms with Crippen LogP contribution in [-0.4, -0.2) is 69.8 Å². The van der Waals surface area contributed by atoms with Crippen LogP contribution in [0.25, 0.3) is 11.1 Å². The molecular formula is C25H30ClFN2O6S2. The van der Waals surface area contributed by atoms with Crippen LogP contribution in [0.4, 0.5) is 4.39 Å². The number of hydrogen-bond donors (Lipinski definition) is 2. The van der Waals surface area contributed by atoms with E-state index in [2.05, 4.69) is 5.32 Å². The molecular weight excluding hydrogens is 543 g/mol. The number of aliphatic hydroxyl groups excluding tert-OH is 1. The highest BCUT2D eigenvalue weighted by Crippen LogP contribution is 2.35. The molecule has 37 heavy (non-hydrogen) atoms. The van der Waals surface area contributed by atoms with Gasteiger partial charge in [-0.25, -0.2) is 21.2 Å². The van der Waals surface area contributed by atoms with Gasteiger partial charge in [-0.15, -0.1) is 0 Å². The Morgan fingerprint density at radius 1 is 1.19 bits per heavy atom. The van der Waals surface area contributed by atoms with Crippen molar-refractivity contribution in [3.05, 3.63) is 64.5 Å². The molecule has 2 aromatic rings. The number of nitrogens with zero attached hydrogens (tertiary/aromatic N) is 1. The fraction of sp³-hybridized carbons (Fsp3) is 0.400. The molecule has 0 radical (unpaired) electrons. The summed E-state index contributed by atoms with van der Waals surface area (Å²) in [5.74, 6) is -0.914. The maximum absolute atomic E-state index is 15.5. The molecule has 0 saturated carbocycles. The molecule has 1 amide bonds. The number of benzene rings is 2. The molecule has 1 atom stereocenters. The van der Waals surface area contributed by atoms with Crippen molar-refractivity contribution >= 4 is 37.4 Å². The molecule has 0 aliphatic carbocycles. The van der Waals surface area contributed by atoms with E-state index in [1.807, 2.05) is 6.07 Å². The summed E-state index contributed by atoms with van der Waals surface area (Å²) in [5.41, 5.74) is -0.469. The van der Waals surface area contributed by atoms with Crippen LogP contribution in [0.2, 0.25) is 5.02 Å². The summed E-state index contributed by atoms with van der Waals surface area (Å²) in [5, 5.41) is 13.0. The maximum Gasteiger partial charge on any atom is 0.258 e. The van der Waals surface area contributed by atoms with Gasteiger partial charge < -0.3 is 10.4 Å². The zero-order valence-electron chi connectivity index (χ0n) is 20.5. The Bertz CT molecular complexity index is 1390. The Labute approximate surface area is 222 Å². The average molecular weight is 573 g/mol. The summed E-state index contributed by atoms with van der Waals surface area (Å²) in [4.78, 5) is 12.6. The zero-order valence-corrected chi connectivity index (χ0v) is 22.9. The van der Waals surface area contributed by atoms with E-state index in [1.165, 1.54) is 25.1 Å². The Kier molecular flexibility index (Phi) is 9.18. The van der Waals surface area contributed by atoms with Gasteiger partial charge in [-0.1, -0.05) is 41.9 Å². The number of piperidine rings is 1. The first-order valence-electron chi connectivity index (χ1n) is 11.6. The first-order chi connectivity index (χ1) is 17.2. The molecule has 0 unspecified atom stereocenters. The highest BCUT2D eigenvalue weighted by molar-refractivity contribution is 7.93. The van der Waals surface area contributed by atoms with Crippen molar-refractivity contribution in [2.75, 3.05) is 26.0 Å².